The molecule has 0 aliphatic carbocycles. The molecule has 0 amide bonds. The molecule has 0 saturated carbocycles. The van der Waals surface area contributed by atoms with E-state index < -0.39 is 0 Å². The largest absolute Gasteiger partial charge is 0.310 e. The van der Waals surface area contributed by atoms with Crippen LogP contribution in [0.1, 0.15) is 19.7 Å². The van der Waals surface area contributed by atoms with Gasteiger partial charge in [-0.25, -0.2) is 9.67 Å². The van der Waals surface area contributed by atoms with E-state index >= 15 is 0 Å². The molecule has 0 aromatic carbocycles. The van der Waals surface area contributed by atoms with Crippen LogP contribution < -0.4 is 5.32 Å². The summed E-state index contributed by atoms with van der Waals surface area (Å²) in [5.74, 6) is 1.68. The van der Waals surface area contributed by atoms with E-state index in [0.29, 0.717) is 5.92 Å². The number of nitrogens with zero attached hydrogens (tertiary/aromatic N) is 4. The SMILES string of the molecule is CC(C)CNCc1ncnn1CCN(C)C. The second-order valence-electron chi connectivity index (χ2n) is 4.73. The predicted octanol–water partition coefficient (Wildman–Crippen LogP) is 0.585. The lowest BCUT2D eigenvalue weighted by Gasteiger charge is -2.11. The van der Waals surface area contributed by atoms with Crippen LogP contribution in [-0.4, -0.2) is 46.8 Å². The first-order valence-corrected chi connectivity index (χ1v) is 5.81. The Balaban J connectivity index is 2.38. The predicted molar refractivity (Wildman–Crippen MR) is 65.1 cm³/mol. The first kappa shape index (κ1) is 13.1. The molecule has 5 heteroatoms. The number of aromatic nitrogens is 3. The minimum Gasteiger partial charge on any atom is -0.310 e. The fourth-order valence-electron chi connectivity index (χ4n) is 1.38. The minimum absolute atomic E-state index is 0.665. The molecule has 1 aromatic rings. The maximum atomic E-state index is 4.26. The average molecular weight is 225 g/mol. The zero-order chi connectivity index (χ0) is 12.0. The third-order valence-corrected chi connectivity index (χ3v) is 2.29. The molecule has 0 atom stereocenters. The van der Waals surface area contributed by atoms with Crippen molar-refractivity contribution in [3.05, 3.63) is 12.2 Å². The molecule has 16 heavy (non-hydrogen) atoms. The van der Waals surface area contributed by atoms with E-state index in [-0.39, 0.29) is 0 Å². The van der Waals surface area contributed by atoms with E-state index in [1.807, 2.05) is 4.68 Å². The Morgan fingerprint density at radius 3 is 2.81 bits per heavy atom. The van der Waals surface area contributed by atoms with Crippen molar-refractivity contribution in [3.8, 4) is 0 Å². The Labute approximate surface area is 97.9 Å². The summed E-state index contributed by atoms with van der Waals surface area (Å²) in [4.78, 5) is 6.41. The van der Waals surface area contributed by atoms with E-state index in [1.165, 1.54) is 0 Å². The molecule has 0 fully saturated rings. The van der Waals surface area contributed by atoms with Crippen molar-refractivity contribution < 1.29 is 0 Å². The van der Waals surface area contributed by atoms with Crippen molar-refractivity contribution in [2.45, 2.75) is 26.9 Å². The van der Waals surface area contributed by atoms with Crippen molar-refractivity contribution in [1.29, 1.82) is 0 Å². The molecular weight excluding hydrogens is 202 g/mol. The van der Waals surface area contributed by atoms with Crippen molar-refractivity contribution >= 4 is 0 Å². The maximum Gasteiger partial charge on any atom is 0.140 e. The van der Waals surface area contributed by atoms with Crippen LogP contribution in [0, 0.1) is 5.92 Å². The van der Waals surface area contributed by atoms with Gasteiger partial charge in [0.05, 0.1) is 13.1 Å². The summed E-state index contributed by atoms with van der Waals surface area (Å²) in [6.07, 6.45) is 1.63. The summed E-state index contributed by atoms with van der Waals surface area (Å²) < 4.78 is 1.97. The fraction of sp³-hybridized carbons (Fsp3) is 0.818. The van der Waals surface area contributed by atoms with E-state index in [0.717, 1.165) is 32.0 Å². The quantitative estimate of drug-likeness (QED) is 0.737. The van der Waals surface area contributed by atoms with Crippen LogP contribution in [0.5, 0.6) is 0 Å². The molecular formula is C11H23N5. The molecule has 1 heterocycles. The molecule has 1 N–H and O–H groups in total. The van der Waals surface area contributed by atoms with Gasteiger partial charge in [0.25, 0.3) is 0 Å². The second kappa shape index (κ2) is 6.60. The highest BCUT2D eigenvalue weighted by Crippen LogP contribution is 1.95. The number of likely N-dealkylation sites (N-methyl/N-ethyl adjacent to an activating group) is 1. The van der Waals surface area contributed by atoms with Crippen LogP contribution >= 0.6 is 0 Å². The van der Waals surface area contributed by atoms with Crippen molar-refractivity contribution in [1.82, 2.24) is 25.0 Å². The molecule has 0 aliphatic rings. The first-order valence-electron chi connectivity index (χ1n) is 5.81. The summed E-state index contributed by atoms with van der Waals surface area (Å²) in [5.41, 5.74) is 0. The van der Waals surface area contributed by atoms with Gasteiger partial charge in [-0.15, -0.1) is 0 Å². The zero-order valence-corrected chi connectivity index (χ0v) is 10.8. The molecule has 0 aliphatic heterocycles. The Morgan fingerprint density at radius 1 is 1.44 bits per heavy atom. The average Bonchev–Trinajstić information content (AvgIpc) is 2.62. The van der Waals surface area contributed by atoms with Crippen LogP contribution in [0.4, 0.5) is 0 Å². The summed E-state index contributed by atoms with van der Waals surface area (Å²) in [6, 6.07) is 0. The lowest BCUT2D eigenvalue weighted by Crippen LogP contribution is -2.24. The standard InChI is InChI=1S/C11H23N5/c1-10(2)7-12-8-11-13-9-14-16(11)6-5-15(3)4/h9-10,12H,5-8H2,1-4H3. The highest BCUT2D eigenvalue weighted by atomic mass is 15.3. The molecule has 0 unspecified atom stereocenters. The Kier molecular flexibility index (Phi) is 5.42. The van der Waals surface area contributed by atoms with Gasteiger partial charge >= 0.3 is 0 Å². The van der Waals surface area contributed by atoms with Crippen LogP contribution in [0.15, 0.2) is 6.33 Å². The van der Waals surface area contributed by atoms with Crippen LogP contribution in [0.2, 0.25) is 0 Å². The normalized spacial score (nSPS) is 11.6. The van der Waals surface area contributed by atoms with Crippen LogP contribution in [0.25, 0.3) is 0 Å². The third-order valence-electron chi connectivity index (χ3n) is 2.29. The molecule has 0 radical (unpaired) electrons. The number of rotatable bonds is 7. The van der Waals surface area contributed by atoms with Gasteiger partial charge in [0.1, 0.15) is 12.2 Å². The van der Waals surface area contributed by atoms with Crippen molar-refractivity contribution in [3.63, 3.8) is 0 Å². The van der Waals surface area contributed by atoms with E-state index in [2.05, 4.69) is 48.2 Å². The summed E-state index contributed by atoms with van der Waals surface area (Å²) in [6.45, 7) is 8.09. The molecule has 0 spiro atoms. The summed E-state index contributed by atoms with van der Waals surface area (Å²) in [7, 11) is 4.13. The van der Waals surface area contributed by atoms with Crippen LogP contribution in [-0.2, 0) is 13.1 Å². The van der Waals surface area contributed by atoms with E-state index in [1.54, 1.807) is 6.33 Å². The topological polar surface area (TPSA) is 46.0 Å². The van der Waals surface area contributed by atoms with Gasteiger partial charge in [0, 0.05) is 6.54 Å². The van der Waals surface area contributed by atoms with Gasteiger partial charge in [-0.2, -0.15) is 5.10 Å². The van der Waals surface area contributed by atoms with Gasteiger partial charge < -0.3 is 10.2 Å². The number of nitrogens with one attached hydrogen (secondary N) is 1. The highest BCUT2D eigenvalue weighted by molar-refractivity contribution is 4.83. The smallest absolute Gasteiger partial charge is 0.140 e. The van der Waals surface area contributed by atoms with Crippen molar-refractivity contribution in [2.75, 3.05) is 27.2 Å². The van der Waals surface area contributed by atoms with Gasteiger partial charge in [0.2, 0.25) is 0 Å². The molecule has 0 saturated heterocycles. The molecule has 1 aromatic heterocycles. The number of hydrogen-bond donors (Lipinski definition) is 1. The zero-order valence-electron chi connectivity index (χ0n) is 10.8. The van der Waals surface area contributed by atoms with Crippen molar-refractivity contribution in [2.24, 2.45) is 5.92 Å². The molecule has 1 rings (SSSR count). The van der Waals surface area contributed by atoms with E-state index in [9.17, 15) is 0 Å². The van der Waals surface area contributed by atoms with Crippen LogP contribution in [0.3, 0.4) is 0 Å². The lowest BCUT2D eigenvalue weighted by atomic mass is 10.2. The third kappa shape index (κ3) is 4.72. The monoisotopic (exact) mass is 225 g/mol. The fourth-order valence-corrected chi connectivity index (χ4v) is 1.38. The minimum atomic E-state index is 0.665. The van der Waals surface area contributed by atoms with Gasteiger partial charge in [-0.1, -0.05) is 13.8 Å². The van der Waals surface area contributed by atoms with E-state index in [4.69, 9.17) is 0 Å². The maximum absolute atomic E-state index is 4.26. The highest BCUT2D eigenvalue weighted by Gasteiger charge is 2.04. The van der Waals surface area contributed by atoms with Gasteiger partial charge in [0.15, 0.2) is 0 Å². The molecule has 0 bridgehead atoms. The Bertz CT molecular complexity index is 292. The second-order valence-corrected chi connectivity index (χ2v) is 4.73. The Hall–Kier alpha value is -0.940. The van der Waals surface area contributed by atoms with Gasteiger partial charge in [-0.3, -0.25) is 0 Å². The van der Waals surface area contributed by atoms with Gasteiger partial charge in [-0.05, 0) is 26.6 Å². The molecule has 5 nitrogen and oxygen atoms in total. The Morgan fingerprint density at radius 2 is 2.19 bits per heavy atom. The number of hydrogen-bond acceptors (Lipinski definition) is 4. The summed E-state index contributed by atoms with van der Waals surface area (Å²) >= 11 is 0. The lowest BCUT2D eigenvalue weighted by molar-refractivity contribution is 0.366. The molecule has 92 valence electrons. The first-order chi connectivity index (χ1) is 7.59. The summed E-state index contributed by atoms with van der Waals surface area (Å²) in [5, 5.41) is 7.60.